The van der Waals surface area contributed by atoms with Gasteiger partial charge in [0.15, 0.2) is 5.13 Å². The molecule has 0 aliphatic rings. The first kappa shape index (κ1) is 12.1. The van der Waals surface area contributed by atoms with E-state index in [1.54, 1.807) is 29.8 Å². The molecule has 0 amide bonds. The van der Waals surface area contributed by atoms with Gasteiger partial charge in [0.1, 0.15) is 0 Å². The number of nitrogens with zero attached hydrogens (tertiary/aromatic N) is 1. The molecule has 4 nitrogen and oxygen atoms in total. The van der Waals surface area contributed by atoms with Gasteiger partial charge in [-0.2, -0.15) is 0 Å². The zero-order valence-corrected chi connectivity index (χ0v) is 11.4. The van der Waals surface area contributed by atoms with Crippen LogP contribution in [0.3, 0.4) is 0 Å². The lowest BCUT2D eigenvalue weighted by molar-refractivity contribution is 0.602. The van der Waals surface area contributed by atoms with E-state index in [1.807, 2.05) is 24.3 Å². The first-order chi connectivity index (χ1) is 9.17. The highest BCUT2D eigenvalue weighted by Crippen LogP contribution is 2.25. The van der Waals surface area contributed by atoms with E-state index < -0.39 is 10.0 Å². The molecule has 0 aliphatic carbocycles. The van der Waals surface area contributed by atoms with Crippen LogP contribution in [0, 0.1) is 0 Å². The smallest absolute Gasteiger partial charge is 0.255 e. The van der Waals surface area contributed by atoms with Crippen LogP contribution >= 0.6 is 11.3 Å². The molecule has 0 saturated heterocycles. The summed E-state index contributed by atoms with van der Waals surface area (Å²) in [7, 11) is -3.61. The van der Waals surface area contributed by atoms with Gasteiger partial charge in [0.05, 0.1) is 4.90 Å². The zero-order valence-electron chi connectivity index (χ0n) is 9.78. The lowest BCUT2D eigenvalue weighted by Gasteiger charge is -2.08. The van der Waals surface area contributed by atoms with Gasteiger partial charge in [0.2, 0.25) is 0 Å². The van der Waals surface area contributed by atoms with E-state index >= 15 is 0 Å². The first-order valence-electron chi connectivity index (χ1n) is 5.57. The van der Waals surface area contributed by atoms with E-state index in [-0.39, 0.29) is 4.90 Å². The predicted octanol–water partition coefficient (Wildman–Crippen LogP) is 3.10. The summed E-state index contributed by atoms with van der Waals surface area (Å²) in [5, 5.41) is 3.69. The first-order valence-corrected chi connectivity index (χ1v) is 7.93. The summed E-state index contributed by atoms with van der Waals surface area (Å²) in [6, 6.07) is 12.6. The van der Waals surface area contributed by atoms with E-state index in [9.17, 15) is 8.42 Å². The Hall–Kier alpha value is -1.92. The van der Waals surface area contributed by atoms with Gasteiger partial charge in [0, 0.05) is 17.0 Å². The molecule has 0 bridgehead atoms. The van der Waals surface area contributed by atoms with Crippen molar-refractivity contribution in [1.82, 2.24) is 4.98 Å². The number of nitrogens with one attached hydrogen (secondary N) is 1. The lowest BCUT2D eigenvalue weighted by atomic mass is 10.1. The molecule has 6 heteroatoms. The van der Waals surface area contributed by atoms with E-state index in [0.717, 1.165) is 5.39 Å². The largest absolute Gasteiger partial charge is 0.264 e. The summed E-state index contributed by atoms with van der Waals surface area (Å²) in [4.78, 5) is 4.20. The van der Waals surface area contributed by atoms with Gasteiger partial charge < -0.3 is 0 Å². The lowest BCUT2D eigenvalue weighted by Crippen LogP contribution is -2.13. The Morgan fingerprint density at radius 3 is 2.63 bits per heavy atom. The second-order valence-corrected chi connectivity index (χ2v) is 6.47. The number of hydrogen-bond donors (Lipinski definition) is 1. The van der Waals surface area contributed by atoms with Crippen molar-refractivity contribution in [2.24, 2.45) is 0 Å². The number of fused-ring (bicyclic) bond motifs is 1. The van der Waals surface area contributed by atoms with Crippen LogP contribution in [-0.4, -0.2) is 13.4 Å². The number of thiazole rings is 1. The van der Waals surface area contributed by atoms with Crippen LogP contribution in [0.15, 0.2) is 58.9 Å². The fraction of sp³-hybridized carbons (Fsp3) is 0. The average molecular weight is 290 g/mol. The summed E-state index contributed by atoms with van der Waals surface area (Å²) in [5.74, 6) is 0. The predicted molar refractivity (Wildman–Crippen MR) is 76.9 cm³/mol. The summed E-state index contributed by atoms with van der Waals surface area (Å²) >= 11 is 1.25. The van der Waals surface area contributed by atoms with E-state index in [1.165, 1.54) is 11.3 Å². The molecule has 0 atom stereocenters. The molecule has 3 aromatic rings. The monoisotopic (exact) mass is 290 g/mol. The normalized spacial score (nSPS) is 11.6. The fourth-order valence-electron chi connectivity index (χ4n) is 1.87. The third-order valence-corrected chi connectivity index (χ3v) is 4.91. The van der Waals surface area contributed by atoms with Crippen molar-refractivity contribution in [1.29, 1.82) is 0 Å². The molecule has 0 aliphatic heterocycles. The van der Waals surface area contributed by atoms with Crippen molar-refractivity contribution in [2.75, 3.05) is 4.72 Å². The summed E-state index contributed by atoms with van der Waals surface area (Å²) in [6.07, 6.45) is 1.56. The Balaban J connectivity index is 2.13. The topological polar surface area (TPSA) is 59.1 Å². The van der Waals surface area contributed by atoms with Crippen LogP contribution in [0.25, 0.3) is 10.8 Å². The molecule has 0 unspecified atom stereocenters. The van der Waals surface area contributed by atoms with Crippen molar-refractivity contribution >= 4 is 37.3 Å². The van der Waals surface area contributed by atoms with Crippen molar-refractivity contribution in [2.45, 2.75) is 4.90 Å². The van der Waals surface area contributed by atoms with E-state index in [0.29, 0.717) is 10.5 Å². The van der Waals surface area contributed by atoms with E-state index in [2.05, 4.69) is 9.71 Å². The van der Waals surface area contributed by atoms with E-state index in [4.69, 9.17) is 0 Å². The number of hydrogen-bond acceptors (Lipinski definition) is 4. The minimum Gasteiger partial charge on any atom is -0.255 e. The maximum atomic E-state index is 12.4. The van der Waals surface area contributed by atoms with Gasteiger partial charge in [-0.05, 0) is 11.5 Å². The molecule has 0 fully saturated rings. The number of benzene rings is 2. The molecular formula is C13H10N2O2S2. The Bertz CT molecular complexity index is 806. The van der Waals surface area contributed by atoms with Gasteiger partial charge in [-0.15, -0.1) is 11.3 Å². The summed E-state index contributed by atoms with van der Waals surface area (Å²) in [5.41, 5.74) is 0. The third-order valence-electron chi connectivity index (χ3n) is 2.69. The highest BCUT2D eigenvalue weighted by atomic mass is 32.2. The second-order valence-electron chi connectivity index (χ2n) is 3.92. The molecular weight excluding hydrogens is 280 g/mol. The zero-order chi connectivity index (χ0) is 13.3. The Labute approximate surface area is 114 Å². The van der Waals surface area contributed by atoms with Crippen molar-refractivity contribution < 1.29 is 8.42 Å². The maximum absolute atomic E-state index is 12.4. The Kier molecular flexibility index (Phi) is 2.96. The highest BCUT2D eigenvalue weighted by Gasteiger charge is 2.17. The third kappa shape index (κ3) is 2.32. The molecule has 2 aromatic carbocycles. The molecule has 1 heterocycles. The maximum Gasteiger partial charge on any atom is 0.264 e. The summed E-state index contributed by atoms with van der Waals surface area (Å²) in [6.45, 7) is 0. The van der Waals surface area contributed by atoms with Gasteiger partial charge in [-0.1, -0.05) is 36.4 Å². The average Bonchev–Trinajstić information content (AvgIpc) is 2.90. The molecule has 1 N–H and O–H groups in total. The van der Waals surface area contributed by atoms with Crippen LogP contribution in [-0.2, 0) is 10.0 Å². The molecule has 96 valence electrons. The number of sulfonamides is 1. The van der Waals surface area contributed by atoms with Crippen molar-refractivity contribution in [3.05, 3.63) is 54.0 Å². The second kappa shape index (κ2) is 4.64. The molecule has 0 spiro atoms. The van der Waals surface area contributed by atoms with Crippen molar-refractivity contribution in [3.63, 3.8) is 0 Å². The van der Waals surface area contributed by atoms with Crippen LogP contribution in [0.2, 0.25) is 0 Å². The van der Waals surface area contributed by atoms with Gasteiger partial charge in [0.25, 0.3) is 10.0 Å². The quantitative estimate of drug-likeness (QED) is 0.806. The number of rotatable bonds is 3. The number of aromatic nitrogens is 1. The standard InChI is InChI=1S/C13H10N2O2S2/c16-19(17,15-13-14-8-9-18-13)12-7-3-5-10-4-1-2-6-11(10)12/h1-9H,(H,14,15). The molecule has 0 saturated carbocycles. The highest BCUT2D eigenvalue weighted by molar-refractivity contribution is 7.93. The molecule has 19 heavy (non-hydrogen) atoms. The summed E-state index contributed by atoms with van der Waals surface area (Å²) < 4.78 is 27.2. The minimum atomic E-state index is -3.61. The SMILES string of the molecule is O=S(=O)(Nc1nccs1)c1cccc2ccccc12. The van der Waals surface area contributed by atoms with Crippen LogP contribution in [0.5, 0.6) is 0 Å². The van der Waals surface area contributed by atoms with Gasteiger partial charge in [-0.3, -0.25) is 4.72 Å². The fourth-order valence-corrected chi connectivity index (χ4v) is 3.89. The Morgan fingerprint density at radius 1 is 1.05 bits per heavy atom. The Morgan fingerprint density at radius 2 is 1.84 bits per heavy atom. The van der Waals surface area contributed by atoms with Gasteiger partial charge in [-0.25, -0.2) is 13.4 Å². The molecule has 3 rings (SSSR count). The van der Waals surface area contributed by atoms with Crippen LogP contribution < -0.4 is 4.72 Å². The van der Waals surface area contributed by atoms with Crippen LogP contribution in [0.4, 0.5) is 5.13 Å². The minimum absolute atomic E-state index is 0.265. The molecule has 0 radical (unpaired) electrons. The van der Waals surface area contributed by atoms with Crippen LogP contribution in [0.1, 0.15) is 0 Å². The van der Waals surface area contributed by atoms with Gasteiger partial charge >= 0.3 is 0 Å². The molecule has 1 aromatic heterocycles. The van der Waals surface area contributed by atoms with Crippen molar-refractivity contribution in [3.8, 4) is 0 Å². The number of anilines is 1.